The van der Waals surface area contributed by atoms with E-state index in [4.69, 9.17) is 0 Å². The largest absolute Gasteiger partial charge is 0.354 e. The van der Waals surface area contributed by atoms with Crippen molar-refractivity contribution in [1.29, 1.82) is 0 Å². The van der Waals surface area contributed by atoms with Crippen molar-refractivity contribution in [1.82, 2.24) is 19.8 Å². The first-order chi connectivity index (χ1) is 11.7. The average Bonchev–Trinajstić information content (AvgIpc) is 2.79. The van der Waals surface area contributed by atoms with Crippen molar-refractivity contribution in [2.45, 2.75) is 45.1 Å². The molecule has 1 fully saturated rings. The SMILES string of the molecule is C[C@H](C(=O)NCCc1nc2ccccc2n1C)N1CCCCCC1. The van der Waals surface area contributed by atoms with Crippen molar-refractivity contribution in [2.75, 3.05) is 19.6 Å². The van der Waals surface area contributed by atoms with E-state index in [9.17, 15) is 4.79 Å². The van der Waals surface area contributed by atoms with Crippen LogP contribution in [0.2, 0.25) is 0 Å². The molecular formula is C19H28N4O. The maximum atomic E-state index is 12.4. The van der Waals surface area contributed by atoms with E-state index >= 15 is 0 Å². The molecule has 2 heterocycles. The van der Waals surface area contributed by atoms with Gasteiger partial charge in [0.25, 0.3) is 0 Å². The van der Waals surface area contributed by atoms with Gasteiger partial charge in [-0.3, -0.25) is 9.69 Å². The van der Waals surface area contributed by atoms with Gasteiger partial charge in [0.2, 0.25) is 5.91 Å². The molecule has 130 valence electrons. The van der Waals surface area contributed by atoms with Crippen molar-refractivity contribution in [2.24, 2.45) is 7.05 Å². The van der Waals surface area contributed by atoms with Crippen LogP contribution in [0, 0.1) is 0 Å². The summed E-state index contributed by atoms with van der Waals surface area (Å²) in [5.41, 5.74) is 2.15. The summed E-state index contributed by atoms with van der Waals surface area (Å²) in [6.45, 7) is 4.74. The molecule has 1 aromatic carbocycles. The number of nitrogens with one attached hydrogen (secondary N) is 1. The third-order valence-electron chi connectivity index (χ3n) is 5.10. The van der Waals surface area contributed by atoms with Crippen LogP contribution >= 0.6 is 0 Å². The number of aryl methyl sites for hydroxylation is 1. The van der Waals surface area contributed by atoms with Crippen LogP contribution in [0.4, 0.5) is 0 Å². The lowest BCUT2D eigenvalue weighted by molar-refractivity contribution is -0.125. The number of carbonyl (C=O) groups excluding carboxylic acids is 1. The van der Waals surface area contributed by atoms with Crippen molar-refractivity contribution in [3.63, 3.8) is 0 Å². The van der Waals surface area contributed by atoms with E-state index in [-0.39, 0.29) is 11.9 Å². The lowest BCUT2D eigenvalue weighted by atomic mass is 10.2. The van der Waals surface area contributed by atoms with Crippen LogP contribution in [0.25, 0.3) is 11.0 Å². The second-order valence-corrected chi connectivity index (χ2v) is 6.74. The molecule has 24 heavy (non-hydrogen) atoms. The number of nitrogens with zero attached hydrogens (tertiary/aromatic N) is 3. The summed E-state index contributed by atoms with van der Waals surface area (Å²) >= 11 is 0. The molecule has 0 bridgehead atoms. The number of carbonyl (C=O) groups is 1. The number of fused-ring (bicyclic) bond motifs is 1. The van der Waals surface area contributed by atoms with Crippen LogP contribution in [0.15, 0.2) is 24.3 Å². The zero-order valence-corrected chi connectivity index (χ0v) is 14.8. The monoisotopic (exact) mass is 328 g/mol. The number of para-hydroxylation sites is 2. The van der Waals surface area contributed by atoms with Gasteiger partial charge in [0.1, 0.15) is 5.82 Å². The number of imidazole rings is 1. The summed E-state index contributed by atoms with van der Waals surface area (Å²) in [4.78, 5) is 19.4. The summed E-state index contributed by atoms with van der Waals surface area (Å²) < 4.78 is 2.11. The fourth-order valence-corrected chi connectivity index (χ4v) is 3.51. The molecular weight excluding hydrogens is 300 g/mol. The predicted molar refractivity (Wildman–Crippen MR) is 96.9 cm³/mol. The fourth-order valence-electron chi connectivity index (χ4n) is 3.51. The van der Waals surface area contributed by atoms with E-state index in [1.165, 1.54) is 25.7 Å². The Morgan fingerprint density at radius 2 is 1.92 bits per heavy atom. The molecule has 2 aromatic rings. The summed E-state index contributed by atoms with van der Waals surface area (Å²) in [6, 6.07) is 8.09. The summed E-state index contributed by atoms with van der Waals surface area (Å²) in [6.07, 6.45) is 5.74. The first kappa shape index (κ1) is 17.0. The van der Waals surface area contributed by atoms with Crippen molar-refractivity contribution >= 4 is 16.9 Å². The number of hydrogen-bond donors (Lipinski definition) is 1. The number of rotatable bonds is 5. The lowest BCUT2D eigenvalue weighted by Crippen LogP contribution is -2.46. The van der Waals surface area contributed by atoms with Gasteiger partial charge in [0.15, 0.2) is 0 Å². The molecule has 0 saturated carbocycles. The van der Waals surface area contributed by atoms with Crippen LogP contribution in [0.1, 0.15) is 38.4 Å². The van der Waals surface area contributed by atoms with Gasteiger partial charge in [-0.05, 0) is 45.0 Å². The molecule has 1 aromatic heterocycles. The van der Waals surface area contributed by atoms with Gasteiger partial charge in [0, 0.05) is 20.0 Å². The van der Waals surface area contributed by atoms with Crippen LogP contribution in [0.5, 0.6) is 0 Å². The minimum atomic E-state index is -0.0384. The summed E-state index contributed by atoms with van der Waals surface area (Å²) in [5, 5.41) is 3.09. The molecule has 1 N–H and O–H groups in total. The van der Waals surface area contributed by atoms with Crippen molar-refractivity contribution in [3.05, 3.63) is 30.1 Å². The molecule has 5 nitrogen and oxygen atoms in total. The molecule has 1 saturated heterocycles. The van der Waals surface area contributed by atoms with Gasteiger partial charge >= 0.3 is 0 Å². The first-order valence-corrected chi connectivity index (χ1v) is 9.09. The maximum absolute atomic E-state index is 12.4. The zero-order valence-electron chi connectivity index (χ0n) is 14.8. The second-order valence-electron chi connectivity index (χ2n) is 6.74. The van der Waals surface area contributed by atoms with Crippen LogP contribution < -0.4 is 5.32 Å². The molecule has 0 spiro atoms. The first-order valence-electron chi connectivity index (χ1n) is 9.09. The van der Waals surface area contributed by atoms with Crippen LogP contribution in [-0.2, 0) is 18.3 Å². The van der Waals surface area contributed by atoms with E-state index in [0.717, 1.165) is 36.4 Å². The minimum absolute atomic E-state index is 0.0384. The molecule has 0 aliphatic carbocycles. The predicted octanol–water partition coefficient (Wildman–Crippen LogP) is 2.50. The molecule has 1 amide bonds. The highest BCUT2D eigenvalue weighted by molar-refractivity contribution is 5.81. The Bertz CT molecular complexity index is 686. The number of hydrogen-bond acceptors (Lipinski definition) is 3. The normalized spacial score (nSPS) is 17.6. The van der Waals surface area contributed by atoms with E-state index in [0.29, 0.717) is 6.54 Å². The van der Waals surface area contributed by atoms with E-state index < -0.39 is 0 Å². The Kier molecular flexibility index (Phi) is 5.51. The van der Waals surface area contributed by atoms with Gasteiger partial charge in [-0.15, -0.1) is 0 Å². The molecule has 1 aliphatic rings. The summed E-state index contributed by atoms with van der Waals surface area (Å²) in [5.74, 6) is 1.15. The quantitative estimate of drug-likeness (QED) is 0.917. The topological polar surface area (TPSA) is 50.2 Å². The Labute approximate surface area is 144 Å². The number of amides is 1. The Morgan fingerprint density at radius 3 is 2.62 bits per heavy atom. The van der Waals surface area contributed by atoms with Gasteiger partial charge in [-0.2, -0.15) is 0 Å². The van der Waals surface area contributed by atoms with Crippen LogP contribution in [0.3, 0.4) is 0 Å². The fraction of sp³-hybridized carbons (Fsp3) is 0.579. The standard InChI is InChI=1S/C19H28N4O/c1-15(23-13-7-3-4-8-14-23)19(24)20-12-11-18-21-16-9-5-6-10-17(16)22(18)2/h5-6,9-10,15H,3-4,7-8,11-14H2,1-2H3,(H,20,24)/t15-/m1/s1. The third kappa shape index (κ3) is 3.78. The second kappa shape index (κ2) is 7.79. The van der Waals surface area contributed by atoms with E-state index in [1.54, 1.807) is 0 Å². The molecule has 0 radical (unpaired) electrons. The zero-order chi connectivity index (χ0) is 16.9. The van der Waals surface area contributed by atoms with Crippen molar-refractivity contribution in [3.8, 4) is 0 Å². The highest BCUT2D eigenvalue weighted by Gasteiger charge is 2.21. The van der Waals surface area contributed by atoms with Gasteiger partial charge in [0.05, 0.1) is 17.1 Å². The molecule has 0 unspecified atom stereocenters. The molecule has 3 rings (SSSR count). The summed E-state index contributed by atoms with van der Waals surface area (Å²) in [7, 11) is 2.03. The van der Waals surface area contributed by atoms with Crippen LogP contribution in [-0.4, -0.2) is 46.0 Å². The molecule has 5 heteroatoms. The van der Waals surface area contributed by atoms with E-state index in [1.807, 2.05) is 32.2 Å². The van der Waals surface area contributed by atoms with Gasteiger partial charge in [-0.1, -0.05) is 25.0 Å². The number of benzene rings is 1. The molecule has 1 atom stereocenters. The Balaban J connectivity index is 1.53. The van der Waals surface area contributed by atoms with Crippen molar-refractivity contribution < 1.29 is 4.79 Å². The maximum Gasteiger partial charge on any atom is 0.237 e. The highest BCUT2D eigenvalue weighted by atomic mass is 16.2. The molecule has 1 aliphatic heterocycles. The van der Waals surface area contributed by atoms with Gasteiger partial charge in [-0.25, -0.2) is 4.98 Å². The third-order valence-corrected chi connectivity index (χ3v) is 5.10. The lowest BCUT2D eigenvalue weighted by Gasteiger charge is -2.26. The Hall–Kier alpha value is -1.88. The van der Waals surface area contributed by atoms with Gasteiger partial charge < -0.3 is 9.88 Å². The minimum Gasteiger partial charge on any atom is -0.354 e. The Morgan fingerprint density at radius 1 is 1.21 bits per heavy atom. The average molecular weight is 328 g/mol. The number of likely N-dealkylation sites (tertiary alicyclic amines) is 1. The van der Waals surface area contributed by atoms with E-state index in [2.05, 4.69) is 25.8 Å². The highest BCUT2D eigenvalue weighted by Crippen LogP contribution is 2.15. The smallest absolute Gasteiger partial charge is 0.237 e. The number of aromatic nitrogens is 2.